The van der Waals surface area contributed by atoms with Crippen molar-refractivity contribution in [1.29, 1.82) is 0 Å². The van der Waals surface area contributed by atoms with E-state index in [0.717, 1.165) is 15.9 Å². The molecule has 5 heteroatoms. The first-order chi connectivity index (χ1) is 7.63. The maximum atomic E-state index is 5.64. The fraction of sp³-hybridized carbons (Fsp3) is 0.0909. The number of halogens is 1. The molecule has 0 radical (unpaired) electrons. The average molecular weight is 279 g/mol. The Morgan fingerprint density at radius 3 is 2.50 bits per heavy atom. The van der Waals surface area contributed by atoms with Crippen LogP contribution in [0.1, 0.15) is 5.69 Å². The molecule has 1 heterocycles. The number of anilines is 3. The van der Waals surface area contributed by atoms with E-state index in [2.05, 4.69) is 31.2 Å². The van der Waals surface area contributed by atoms with E-state index >= 15 is 0 Å². The van der Waals surface area contributed by atoms with E-state index < -0.39 is 0 Å². The Kier molecular flexibility index (Phi) is 3.05. The van der Waals surface area contributed by atoms with Crippen LogP contribution in [-0.2, 0) is 0 Å². The van der Waals surface area contributed by atoms with Crippen molar-refractivity contribution in [3.8, 4) is 0 Å². The van der Waals surface area contributed by atoms with Gasteiger partial charge >= 0.3 is 0 Å². The molecule has 2 aromatic rings. The van der Waals surface area contributed by atoms with E-state index in [1.807, 2.05) is 31.2 Å². The SMILES string of the molecule is Cc1cc(N)nc(Nc2ccc(Br)cc2)n1. The highest BCUT2D eigenvalue weighted by Gasteiger charge is 2.00. The molecule has 0 aliphatic rings. The largest absolute Gasteiger partial charge is 0.384 e. The van der Waals surface area contributed by atoms with E-state index in [9.17, 15) is 0 Å². The topological polar surface area (TPSA) is 63.8 Å². The number of aryl methyl sites for hydroxylation is 1. The number of nitrogen functional groups attached to an aromatic ring is 1. The lowest BCUT2D eigenvalue weighted by atomic mass is 10.3. The van der Waals surface area contributed by atoms with Crippen LogP contribution in [0.25, 0.3) is 0 Å². The summed E-state index contributed by atoms with van der Waals surface area (Å²) in [6.07, 6.45) is 0. The molecule has 2 rings (SSSR count). The summed E-state index contributed by atoms with van der Waals surface area (Å²) in [5.74, 6) is 0.979. The van der Waals surface area contributed by atoms with Crippen molar-refractivity contribution in [3.63, 3.8) is 0 Å². The van der Waals surface area contributed by atoms with Crippen LogP contribution in [0.4, 0.5) is 17.5 Å². The molecular weight excluding hydrogens is 268 g/mol. The molecule has 0 amide bonds. The van der Waals surface area contributed by atoms with Gasteiger partial charge in [-0.1, -0.05) is 15.9 Å². The Hall–Kier alpha value is -1.62. The third-order valence-corrected chi connectivity index (χ3v) is 2.50. The second-order valence-corrected chi connectivity index (χ2v) is 4.31. The molecule has 0 saturated carbocycles. The predicted molar refractivity (Wildman–Crippen MR) is 68.6 cm³/mol. The van der Waals surface area contributed by atoms with Crippen molar-refractivity contribution < 1.29 is 0 Å². The Balaban J connectivity index is 2.23. The van der Waals surface area contributed by atoms with E-state index in [1.54, 1.807) is 6.07 Å². The molecule has 0 aliphatic heterocycles. The molecule has 0 fully saturated rings. The van der Waals surface area contributed by atoms with Crippen LogP contribution >= 0.6 is 15.9 Å². The fourth-order valence-corrected chi connectivity index (χ4v) is 1.58. The van der Waals surface area contributed by atoms with Crippen LogP contribution in [0.3, 0.4) is 0 Å². The Morgan fingerprint density at radius 2 is 1.88 bits per heavy atom. The molecule has 0 saturated heterocycles. The number of hydrogen-bond acceptors (Lipinski definition) is 4. The summed E-state index contributed by atoms with van der Waals surface area (Å²) >= 11 is 3.38. The summed E-state index contributed by atoms with van der Waals surface area (Å²) < 4.78 is 1.03. The summed E-state index contributed by atoms with van der Waals surface area (Å²) in [7, 11) is 0. The van der Waals surface area contributed by atoms with E-state index in [-0.39, 0.29) is 0 Å². The van der Waals surface area contributed by atoms with Gasteiger partial charge in [0.05, 0.1) is 0 Å². The molecule has 1 aromatic heterocycles. The second-order valence-electron chi connectivity index (χ2n) is 3.39. The van der Waals surface area contributed by atoms with Crippen LogP contribution in [0.2, 0.25) is 0 Å². The molecule has 1 aromatic carbocycles. The first-order valence-electron chi connectivity index (χ1n) is 4.77. The van der Waals surface area contributed by atoms with Gasteiger partial charge in [-0.3, -0.25) is 0 Å². The molecule has 0 atom stereocenters. The zero-order chi connectivity index (χ0) is 11.5. The summed E-state index contributed by atoms with van der Waals surface area (Å²) in [6, 6.07) is 9.49. The summed E-state index contributed by atoms with van der Waals surface area (Å²) in [5.41, 5.74) is 7.40. The zero-order valence-corrected chi connectivity index (χ0v) is 10.3. The first-order valence-corrected chi connectivity index (χ1v) is 5.56. The van der Waals surface area contributed by atoms with Gasteiger partial charge in [0.15, 0.2) is 0 Å². The van der Waals surface area contributed by atoms with Gasteiger partial charge in [0.25, 0.3) is 0 Å². The van der Waals surface area contributed by atoms with Gasteiger partial charge in [0, 0.05) is 21.9 Å². The predicted octanol–water partition coefficient (Wildman–Crippen LogP) is 2.87. The first kappa shape index (κ1) is 10.9. The van der Waals surface area contributed by atoms with Crippen molar-refractivity contribution in [1.82, 2.24) is 9.97 Å². The number of benzene rings is 1. The Morgan fingerprint density at radius 1 is 1.19 bits per heavy atom. The summed E-state index contributed by atoms with van der Waals surface area (Å²) in [5, 5.41) is 3.09. The average Bonchev–Trinajstić information content (AvgIpc) is 2.20. The van der Waals surface area contributed by atoms with Crippen LogP contribution in [-0.4, -0.2) is 9.97 Å². The van der Waals surface area contributed by atoms with Crippen molar-refractivity contribution in [2.75, 3.05) is 11.1 Å². The van der Waals surface area contributed by atoms with Gasteiger partial charge < -0.3 is 11.1 Å². The molecular formula is C11H11BrN4. The highest BCUT2D eigenvalue weighted by Crippen LogP contribution is 2.17. The van der Waals surface area contributed by atoms with Crippen molar-refractivity contribution in [3.05, 3.63) is 40.5 Å². The molecule has 0 bridgehead atoms. The van der Waals surface area contributed by atoms with Gasteiger partial charge in [-0.15, -0.1) is 0 Å². The second kappa shape index (κ2) is 4.49. The van der Waals surface area contributed by atoms with Crippen molar-refractivity contribution in [2.24, 2.45) is 0 Å². The van der Waals surface area contributed by atoms with Gasteiger partial charge in [-0.25, -0.2) is 4.98 Å². The molecule has 0 spiro atoms. The zero-order valence-electron chi connectivity index (χ0n) is 8.74. The van der Waals surface area contributed by atoms with Crippen molar-refractivity contribution >= 4 is 33.4 Å². The van der Waals surface area contributed by atoms with Crippen LogP contribution in [0.15, 0.2) is 34.8 Å². The quantitative estimate of drug-likeness (QED) is 0.887. The molecule has 4 nitrogen and oxygen atoms in total. The van der Waals surface area contributed by atoms with E-state index in [0.29, 0.717) is 11.8 Å². The number of nitrogens with one attached hydrogen (secondary N) is 1. The van der Waals surface area contributed by atoms with Gasteiger partial charge in [-0.2, -0.15) is 4.98 Å². The monoisotopic (exact) mass is 278 g/mol. The molecule has 0 aliphatic carbocycles. The number of rotatable bonds is 2. The Bertz CT molecular complexity index is 476. The minimum Gasteiger partial charge on any atom is -0.384 e. The smallest absolute Gasteiger partial charge is 0.229 e. The van der Waals surface area contributed by atoms with Crippen molar-refractivity contribution in [2.45, 2.75) is 6.92 Å². The minimum atomic E-state index is 0.465. The van der Waals surface area contributed by atoms with Gasteiger partial charge in [0.2, 0.25) is 5.95 Å². The molecule has 0 unspecified atom stereocenters. The number of nitrogens with zero attached hydrogens (tertiary/aromatic N) is 2. The maximum absolute atomic E-state index is 5.64. The van der Waals surface area contributed by atoms with Crippen LogP contribution < -0.4 is 11.1 Å². The number of hydrogen-bond donors (Lipinski definition) is 2. The lowest BCUT2D eigenvalue weighted by molar-refractivity contribution is 1.11. The highest BCUT2D eigenvalue weighted by molar-refractivity contribution is 9.10. The lowest BCUT2D eigenvalue weighted by Crippen LogP contribution is -2.01. The fourth-order valence-electron chi connectivity index (χ4n) is 1.31. The number of aromatic nitrogens is 2. The molecule has 16 heavy (non-hydrogen) atoms. The minimum absolute atomic E-state index is 0.465. The highest BCUT2D eigenvalue weighted by atomic mass is 79.9. The standard InChI is InChI=1S/C11H11BrN4/c1-7-6-10(13)16-11(14-7)15-9-4-2-8(12)3-5-9/h2-6H,1H3,(H3,13,14,15,16). The Labute approximate surface area is 102 Å². The van der Waals surface area contributed by atoms with E-state index in [4.69, 9.17) is 5.73 Å². The summed E-state index contributed by atoms with van der Waals surface area (Å²) in [6.45, 7) is 1.88. The number of nitrogens with two attached hydrogens (primary N) is 1. The van der Waals surface area contributed by atoms with Crippen LogP contribution in [0.5, 0.6) is 0 Å². The molecule has 82 valence electrons. The van der Waals surface area contributed by atoms with Gasteiger partial charge in [-0.05, 0) is 31.2 Å². The third kappa shape index (κ3) is 2.70. The lowest BCUT2D eigenvalue weighted by Gasteiger charge is -2.06. The molecule has 3 N–H and O–H groups in total. The summed E-state index contributed by atoms with van der Waals surface area (Å²) in [4.78, 5) is 8.33. The normalized spacial score (nSPS) is 10.1. The van der Waals surface area contributed by atoms with Gasteiger partial charge in [0.1, 0.15) is 5.82 Å². The maximum Gasteiger partial charge on any atom is 0.229 e. The van der Waals surface area contributed by atoms with Crippen LogP contribution in [0, 0.1) is 6.92 Å². The third-order valence-electron chi connectivity index (χ3n) is 1.97. The van der Waals surface area contributed by atoms with E-state index in [1.165, 1.54) is 0 Å².